The molecule has 2 aromatic rings. The molecule has 1 N–H and O–H groups in total. The van der Waals surface area contributed by atoms with E-state index < -0.39 is 16.0 Å². The lowest BCUT2D eigenvalue weighted by atomic mass is 10.1. The van der Waals surface area contributed by atoms with Crippen LogP contribution < -0.4 is 4.72 Å². The van der Waals surface area contributed by atoms with Crippen molar-refractivity contribution >= 4 is 44.3 Å². The van der Waals surface area contributed by atoms with Gasteiger partial charge in [0.15, 0.2) is 0 Å². The number of para-hydroxylation sites is 1. The fourth-order valence-electron chi connectivity index (χ4n) is 1.98. The minimum absolute atomic E-state index is 0.0510. The van der Waals surface area contributed by atoms with E-state index in [-0.39, 0.29) is 10.5 Å². The molecule has 0 bridgehead atoms. The van der Waals surface area contributed by atoms with E-state index in [9.17, 15) is 13.2 Å². The molecule has 0 unspecified atom stereocenters. The van der Waals surface area contributed by atoms with Crippen LogP contribution in [0, 0.1) is 10.5 Å². The van der Waals surface area contributed by atoms with E-state index in [0.717, 1.165) is 3.57 Å². The first kappa shape index (κ1) is 16.8. The summed E-state index contributed by atoms with van der Waals surface area (Å²) in [6, 6.07) is 11.6. The summed E-state index contributed by atoms with van der Waals surface area (Å²) >= 11 is 2.05. The van der Waals surface area contributed by atoms with Gasteiger partial charge in [-0.05, 0) is 59.3 Å². The highest BCUT2D eigenvalue weighted by Crippen LogP contribution is 2.24. The third-order valence-electron chi connectivity index (χ3n) is 3.10. The Morgan fingerprint density at radius 2 is 1.82 bits per heavy atom. The lowest BCUT2D eigenvalue weighted by molar-refractivity contribution is 0.0599. The van der Waals surface area contributed by atoms with E-state index in [2.05, 4.69) is 32.0 Å². The van der Waals surface area contributed by atoms with Crippen molar-refractivity contribution < 1.29 is 17.9 Å². The summed E-state index contributed by atoms with van der Waals surface area (Å²) in [6.45, 7) is 1.58. The minimum Gasteiger partial charge on any atom is -0.465 e. The number of ether oxygens (including phenoxy) is 1. The van der Waals surface area contributed by atoms with Crippen LogP contribution in [0.15, 0.2) is 47.4 Å². The van der Waals surface area contributed by atoms with Crippen LogP contribution in [-0.4, -0.2) is 21.5 Å². The molecule has 0 amide bonds. The molecule has 0 aromatic heterocycles. The number of anilines is 1. The predicted molar refractivity (Wildman–Crippen MR) is 92.5 cm³/mol. The zero-order valence-electron chi connectivity index (χ0n) is 12.0. The van der Waals surface area contributed by atoms with Crippen LogP contribution in [0.4, 0.5) is 5.69 Å². The van der Waals surface area contributed by atoms with Gasteiger partial charge in [-0.2, -0.15) is 0 Å². The molecule has 0 aliphatic heterocycles. The number of benzene rings is 2. The molecular formula is C15H14INO4S. The summed E-state index contributed by atoms with van der Waals surface area (Å²) in [7, 11) is -2.54. The second-order valence-electron chi connectivity index (χ2n) is 4.51. The van der Waals surface area contributed by atoms with E-state index in [4.69, 9.17) is 0 Å². The number of sulfonamides is 1. The van der Waals surface area contributed by atoms with Crippen LogP contribution in [0.2, 0.25) is 0 Å². The van der Waals surface area contributed by atoms with Crippen molar-refractivity contribution in [3.63, 3.8) is 0 Å². The van der Waals surface area contributed by atoms with E-state index in [0.29, 0.717) is 11.3 Å². The Bertz CT molecular complexity index is 818. The van der Waals surface area contributed by atoms with Crippen LogP contribution in [0.1, 0.15) is 15.9 Å². The van der Waals surface area contributed by atoms with Gasteiger partial charge in [0.25, 0.3) is 10.0 Å². The normalized spacial score (nSPS) is 11.0. The van der Waals surface area contributed by atoms with Gasteiger partial charge in [0.2, 0.25) is 0 Å². The Kier molecular flexibility index (Phi) is 5.07. The molecule has 0 saturated heterocycles. The predicted octanol–water partition coefficient (Wildman–Crippen LogP) is 3.19. The summed E-state index contributed by atoms with van der Waals surface area (Å²) in [5.74, 6) is -0.566. The van der Waals surface area contributed by atoms with Crippen LogP contribution >= 0.6 is 22.6 Å². The second kappa shape index (κ2) is 6.66. The van der Waals surface area contributed by atoms with Crippen molar-refractivity contribution in [3.05, 3.63) is 57.2 Å². The molecule has 7 heteroatoms. The summed E-state index contributed by atoms with van der Waals surface area (Å²) in [5, 5.41) is 0. The van der Waals surface area contributed by atoms with Crippen molar-refractivity contribution in [2.75, 3.05) is 11.8 Å². The summed E-state index contributed by atoms with van der Waals surface area (Å²) in [6.07, 6.45) is 0. The maximum absolute atomic E-state index is 12.6. The lowest BCUT2D eigenvalue weighted by Gasteiger charge is -2.13. The first-order chi connectivity index (χ1) is 10.4. The molecule has 0 fully saturated rings. The highest BCUT2D eigenvalue weighted by Gasteiger charge is 2.21. The van der Waals surface area contributed by atoms with Gasteiger partial charge in [0.05, 0.1) is 23.3 Å². The van der Waals surface area contributed by atoms with Gasteiger partial charge in [0, 0.05) is 3.57 Å². The fraction of sp³-hybridized carbons (Fsp3) is 0.133. The van der Waals surface area contributed by atoms with E-state index in [1.54, 1.807) is 25.1 Å². The number of carbonyl (C=O) groups is 1. The van der Waals surface area contributed by atoms with Gasteiger partial charge in [0.1, 0.15) is 0 Å². The molecular weight excluding hydrogens is 417 g/mol. The second-order valence-corrected chi connectivity index (χ2v) is 7.32. The number of esters is 1. The van der Waals surface area contributed by atoms with Crippen LogP contribution in [0.25, 0.3) is 0 Å². The van der Waals surface area contributed by atoms with Gasteiger partial charge in [-0.25, -0.2) is 13.2 Å². The minimum atomic E-state index is -3.79. The van der Waals surface area contributed by atoms with Gasteiger partial charge in [-0.3, -0.25) is 4.72 Å². The summed E-state index contributed by atoms with van der Waals surface area (Å²) < 4.78 is 33.1. The number of methoxy groups -OCH3 is 1. The van der Waals surface area contributed by atoms with Crippen LogP contribution in [0.3, 0.4) is 0 Å². The number of halogens is 1. The molecule has 2 aromatic carbocycles. The van der Waals surface area contributed by atoms with Gasteiger partial charge in [-0.1, -0.05) is 18.2 Å². The maximum Gasteiger partial charge on any atom is 0.338 e. The number of nitrogens with one attached hydrogen (secondary N) is 1. The van der Waals surface area contributed by atoms with Gasteiger partial charge < -0.3 is 4.74 Å². The molecule has 0 radical (unpaired) electrons. The topological polar surface area (TPSA) is 72.5 Å². The maximum atomic E-state index is 12.6. The third-order valence-corrected chi connectivity index (χ3v) is 5.55. The van der Waals surface area contributed by atoms with Crippen molar-refractivity contribution in [1.29, 1.82) is 0 Å². The molecule has 2 rings (SSSR count). The Morgan fingerprint density at radius 1 is 1.14 bits per heavy atom. The lowest BCUT2D eigenvalue weighted by Crippen LogP contribution is -2.16. The Balaban J connectivity index is 2.47. The zero-order chi connectivity index (χ0) is 16.3. The smallest absolute Gasteiger partial charge is 0.338 e. The Morgan fingerprint density at radius 3 is 2.45 bits per heavy atom. The largest absolute Gasteiger partial charge is 0.465 e. The highest BCUT2D eigenvalue weighted by atomic mass is 127. The molecule has 116 valence electrons. The molecule has 0 heterocycles. The van der Waals surface area contributed by atoms with Crippen molar-refractivity contribution in [1.82, 2.24) is 0 Å². The van der Waals surface area contributed by atoms with Crippen molar-refractivity contribution in [3.8, 4) is 0 Å². The zero-order valence-corrected chi connectivity index (χ0v) is 14.9. The Labute approximate surface area is 142 Å². The van der Waals surface area contributed by atoms with Crippen LogP contribution in [-0.2, 0) is 14.8 Å². The average molecular weight is 431 g/mol. The molecule has 0 spiro atoms. The fourth-order valence-corrected chi connectivity index (χ4v) is 4.03. The third kappa shape index (κ3) is 3.41. The summed E-state index contributed by atoms with van der Waals surface area (Å²) in [4.78, 5) is 11.7. The van der Waals surface area contributed by atoms with E-state index in [1.807, 2.05) is 6.07 Å². The monoisotopic (exact) mass is 431 g/mol. The van der Waals surface area contributed by atoms with Gasteiger partial charge >= 0.3 is 5.97 Å². The first-order valence-corrected chi connectivity index (χ1v) is 8.88. The number of rotatable bonds is 4. The number of hydrogen-bond acceptors (Lipinski definition) is 4. The first-order valence-electron chi connectivity index (χ1n) is 6.32. The van der Waals surface area contributed by atoms with E-state index in [1.165, 1.54) is 25.3 Å². The molecule has 0 saturated carbocycles. The molecule has 0 atom stereocenters. The molecule has 0 aliphatic carbocycles. The van der Waals surface area contributed by atoms with Crippen molar-refractivity contribution in [2.24, 2.45) is 0 Å². The number of hydrogen-bond donors (Lipinski definition) is 1. The molecule has 22 heavy (non-hydrogen) atoms. The standard InChI is InChI=1S/C15H14INO4S/c1-10-11(15(18)21-2)6-5-9-14(10)22(19,20)17-13-8-4-3-7-12(13)16/h3-9,17H,1-2H3. The average Bonchev–Trinajstić information content (AvgIpc) is 2.48. The van der Waals surface area contributed by atoms with E-state index >= 15 is 0 Å². The van der Waals surface area contributed by atoms with Crippen molar-refractivity contribution in [2.45, 2.75) is 11.8 Å². The Hall–Kier alpha value is -1.61. The highest BCUT2D eigenvalue weighted by molar-refractivity contribution is 14.1. The molecule has 0 aliphatic rings. The van der Waals surface area contributed by atoms with Crippen LogP contribution in [0.5, 0.6) is 0 Å². The quantitative estimate of drug-likeness (QED) is 0.597. The van der Waals surface area contributed by atoms with Gasteiger partial charge in [-0.15, -0.1) is 0 Å². The SMILES string of the molecule is COC(=O)c1cccc(S(=O)(=O)Nc2ccccc2I)c1C. The molecule has 5 nitrogen and oxygen atoms in total. The summed E-state index contributed by atoms with van der Waals surface area (Å²) in [5.41, 5.74) is 1.08. The number of carbonyl (C=O) groups excluding carboxylic acids is 1.